The van der Waals surface area contributed by atoms with Crippen molar-refractivity contribution in [3.63, 3.8) is 0 Å². The molecule has 0 saturated carbocycles. The van der Waals surface area contributed by atoms with E-state index in [4.69, 9.17) is 5.73 Å². The number of likely N-dealkylation sites (N-methyl/N-ethyl adjacent to an activating group) is 1. The molecule has 1 unspecified atom stereocenters. The molecule has 0 bridgehead atoms. The number of nitrogen functional groups attached to an aromatic ring is 1. The van der Waals surface area contributed by atoms with Crippen molar-refractivity contribution in [2.45, 2.75) is 32.7 Å². The van der Waals surface area contributed by atoms with Gasteiger partial charge in [0.2, 0.25) is 0 Å². The molecule has 1 saturated heterocycles. The fourth-order valence-electron chi connectivity index (χ4n) is 2.77. The molecule has 1 aromatic rings. The molecule has 0 aromatic carbocycles. The molecular formula is C13H25N5. The Labute approximate surface area is 110 Å². The summed E-state index contributed by atoms with van der Waals surface area (Å²) in [7, 11) is 4.16. The minimum Gasteiger partial charge on any atom is -0.394 e. The Morgan fingerprint density at radius 2 is 1.94 bits per heavy atom. The lowest BCUT2D eigenvalue weighted by atomic mass is 10.1. The second-order valence-electron chi connectivity index (χ2n) is 5.71. The first-order valence-corrected chi connectivity index (χ1v) is 6.69. The quantitative estimate of drug-likeness (QED) is 0.860. The lowest BCUT2D eigenvalue weighted by Gasteiger charge is -2.39. The standard InChI is InChI=1S/C13H25N5/c1-9(2)12-11(14)13(17(5)15-12)18-7-6-16(4)8-10(18)3/h9-10H,6-8,14H2,1-5H3. The highest BCUT2D eigenvalue weighted by Gasteiger charge is 2.27. The minimum absolute atomic E-state index is 0.368. The highest BCUT2D eigenvalue weighted by atomic mass is 15.4. The van der Waals surface area contributed by atoms with Gasteiger partial charge in [0, 0.05) is 32.7 Å². The largest absolute Gasteiger partial charge is 0.394 e. The van der Waals surface area contributed by atoms with Crippen LogP contribution in [0.4, 0.5) is 11.5 Å². The number of rotatable bonds is 2. The molecule has 102 valence electrons. The molecule has 1 aliphatic heterocycles. The third-order valence-electron chi connectivity index (χ3n) is 3.73. The fraction of sp³-hybridized carbons (Fsp3) is 0.769. The number of hydrogen-bond acceptors (Lipinski definition) is 4. The van der Waals surface area contributed by atoms with Crippen molar-refractivity contribution >= 4 is 11.5 Å². The highest BCUT2D eigenvalue weighted by Crippen LogP contribution is 2.32. The summed E-state index contributed by atoms with van der Waals surface area (Å²) in [6.45, 7) is 9.68. The Morgan fingerprint density at radius 1 is 1.28 bits per heavy atom. The lowest BCUT2D eigenvalue weighted by Crippen LogP contribution is -2.51. The zero-order valence-electron chi connectivity index (χ0n) is 12.1. The van der Waals surface area contributed by atoms with Crippen LogP contribution in [0, 0.1) is 0 Å². The van der Waals surface area contributed by atoms with Gasteiger partial charge in [-0.3, -0.25) is 4.68 Å². The Hall–Kier alpha value is -1.23. The van der Waals surface area contributed by atoms with Crippen molar-refractivity contribution in [3.8, 4) is 0 Å². The van der Waals surface area contributed by atoms with Gasteiger partial charge < -0.3 is 15.5 Å². The van der Waals surface area contributed by atoms with Gasteiger partial charge in [0.15, 0.2) is 5.82 Å². The van der Waals surface area contributed by atoms with Gasteiger partial charge in [0.1, 0.15) is 0 Å². The van der Waals surface area contributed by atoms with Gasteiger partial charge in [0.25, 0.3) is 0 Å². The summed E-state index contributed by atoms with van der Waals surface area (Å²) in [6.07, 6.45) is 0. The molecule has 0 spiro atoms. The van der Waals surface area contributed by atoms with Gasteiger partial charge in [-0.05, 0) is 19.9 Å². The van der Waals surface area contributed by atoms with E-state index in [9.17, 15) is 0 Å². The van der Waals surface area contributed by atoms with Crippen LogP contribution in [0.2, 0.25) is 0 Å². The monoisotopic (exact) mass is 251 g/mol. The Morgan fingerprint density at radius 3 is 2.44 bits per heavy atom. The van der Waals surface area contributed by atoms with Gasteiger partial charge in [-0.25, -0.2) is 0 Å². The number of anilines is 2. The van der Waals surface area contributed by atoms with Crippen LogP contribution < -0.4 is 10.6 Å². The van der Waals surface area contributed by atoms with Crippen LogP contribution in [0.5, 0.6) is 0 Å². The molecule has 1 atom stereocenters. The molecule has 1 aliphatic rings. The molecule has 2 N–H and O–H groups in total. The highest BCUT2D eigenvalue weighted by molar-refractivity contribution is 5.67. The zero-order valence-corrected chi connectivity index (χ0v) is 12.1. The van der Waals surface area contributed by atoms with E-state index in [1.54, 1.807) is 0 Å². The molecule has 1 fully saturated rings. The first-order valence-electron chi connectivity index (χ1n) is 6.69. The van der Waals surface area contributed by atoms with Crippen LogP contribution in [0.15, 0.2) is 0 Å². The minimum atomic E-state index is 0.368. The second-order valence-corrected chi connectivity index (χ2v) is 5.71. The third kappa shape index (κ3) is 2.19. The van der Waals surface area contributed by atoms with E-state index >= 15 is 0 Å². The van der Waals surface area contributed by atoms with Crippen molar-refractivity contribution in [1.82, 2.24) is 14.7 Å². The van der Waals surface area contributed by atoms with E-state index in [1.807, 2.05) is 11.7 Å². The topological polar surface area (TPSA) is 50.3 Å². The molecule has 0 radical (unpaired) electrons. The van der Waals surface area contributed by atoms with E-state index in [0.717, 1.165) is 36.8 Å². The summed E-state index contributed by atoms with van der Waals surface area (Å²) < 4.78 is 1.94. The van der Waals surface area contributed by atoms with Gasteiger partial charge in [-0.15, -0.1) is 0 Å². The molecular weight excluding hydrogens is 226 g/mol. The maximum Gasteiger partial charge on any atom is 0.150 e. The van der Waals surface area contributed by atoms with E-state index < -0.39 is 0 Å². The summed E-state index contributed by atoms with van der Waals surface area (Å²) in [5.41, 5.74) is 8.16. The summed E-state index contributed by atoms with van der Waals surface area (Å²) >= 11 is 0. The van der Waals surface area contributed by atoms with Crippen molar-refractivity contribution < 1.29 is 0 Å². The zero-order chi connectivity index (χ0) is 13.4. The average molecular weight is 251 g/mol. The van der Waals surface area contributed by atoms with Crippen LogP contribution in [-0.2, 0) is 7.05 Å². The fourth-order valence-corrected chi connectivity index (χ4v) is 2.77. The molecule has 5 nitrogen and oxygen atoms in total. The summed E-state index contributed by atoms with van der Waals surface area (Å²) in [6, 6.07) is 0.474. The van der Waals surface area contributed by atoms with Gasteiger partial charge in [-0.2, -0.15) is 5.10 Å². The van der Waals surface area contributed by atoms with Crippen LogP contribution in [-0.4, -0.2) is 47.4 Å². The number of aromatic nitrogens is 2. The van der Waals surface area contributed by atoms with Crippen LogP contribution >= 0.6 is 0 Å². The Bertz CT molecular complexity index is 423. The number of nitrogens with zero attached hydrogens (tertiary/aromatic N) is 4. The first-order chi connectivity index (χ1) is 8.41. The number of hydrogen-bond donors (Lipinski definition) is 1. The average Bonchev–Trinajstić information content (AvgIpc) is 2.56. The van der Waals surface area contributed by atoms with Crippen LogP contribution in [0.1, 0.15) is 32.4 Å². The summed E-state index contributed by atoms with van der Waals surface area (Å²) in [5, 5.41) is 4.57. The predicted molar refractivity (Wildman–Crippen MR) is 76.0 cm³/mol. The number of piperazine rings is 1. The SMILES string of the molecule is CC(C)c1nn(C)c(N2CCN(C)CC2C)c1N. The van der Waals surface area contributed by atoms with E-state index in [-0.39, 0.29) is 0 Å². The summed E-state index contributed by atoms with van der Waals surface area (Å²) in [5.74, 6) is 1.45. The molecule has 5 heteroatoms. The Kier molecular flexibility index (Phi) is 3.52. The molecule has 18 heavy (non-hydrogen) atoms. The Balaban J connectivity index is 2.33. The van der Waals surface area contributed by atoms with Crippen molar-refractivity contribution in [2.75, 3.05) is 37.3 Å². The predicted octanol–water partition coefficient (Wildman–Crippen LogP) is 1.27. The maximum atomic E-state index is 6.29. The smallest absolute Gasteiger partial charge is 0.150 e. The van der Waals surface area contributed by atoms with Gasteiger partial charge in [0.05, 0.1) is 11.4 Å². The maximum absolute atomic E-state index is 6.29. The summed E-state index contributed by atoms with van der Waals surface area (Å²) in [4.78, 5) is 4.74. The molecule has 2 rings (SSSR count). The molecule has 2 heterocycles. The normalized spacial score (nSPS) is 21.9. The number of nitrogens with two attached hydrogens (primary N) is 1. The van der Waals surface area contributed by atoms with E-state index in [1.165, 1.54) is 0 Å². The number of aryl methyl sites for hydroxylation is 1. The molecule has 0 amide bonds. The van der Waals surface area contributed by atoms with Gasteiger partial charge in [-0.1, -0.05) is 13.8 Å². The first kappa shape index (κ1) is 13.2. The molecule has 0 aliphatic carbocycles. The van der Waals surface area contributed by atoms with E-state index in [0.29, 0.717) is 12.0 Å². The van der Waals surface area contributed by atoms with Gasteiger partial charge >= 0.3 is 0 Å². The second kappa shape index (κ2) is 4.80. The van der Waals surface area contributed by atoms with Crippen LogP contribution in [0.3, 0.4) is 0 Å². The van der Waals surface area contributed by atoms with Crippen molar-refractivity contribution in [3.05, 3.63) is 5.69 Å². The van der Waals surface area contributed by atoms with E-state index in [2.05, 4.69) is 42.7 Å². The third-order valence-corrected chi connectivity index (χ3v) is 3.73. The molecule has 1 aromatic heterocycles. The van der Waals surface area contributed by atoms with Crippen LogP contribution in [0.25, 0.3) is 0 Å². The van der Waals surface area contributed by atoms with Crippen molar-refractivity contribution in [2.24, 2.45) is 7.05 Å². The van der Waals surface area contributed by atoms with Crippen molar-refractivity contribution in [1.29, 1.82) is 0 Å². The lowest BCUT2D eigenvalue weighted by molar-refractivity contribution is 0.273.